The second-order valence-electron chi connectivity index (χ2n) is 6.29. The summed E-state index contributed by atoms with van der Waals surface area (Å²) in [5.41, 5.74) is 1.23. The molecule has 1 N–H and O–H groups in total. The van der Waals surface area contributed by atoms with Gasteiger partial charge in [-0.3, -0.25) is 19.3 Å². The molecule has 3 amide bonds. The van der Waals surface area contributed by atoms with Gasteiger partial charge in [0.25, 0.3) is 17.1 Å². The van der Waals surface area contributed by atoms with Crippen molar-refractivity contribution in [2.24, 2.45) is 0 Å². The molecule has 146 valence electrons. The predicted octanol–water partition coefficient (Wildman–Crippen LogP) is 4.04. The van der Waals surface area contributed by atoms with Crippen molar-refractivity contribution in [3.8, 4) is 0 Å². The normalized spacial score (nSPS) is 15.5. The number of hydrogen-bond donors (Lipinski definition) is 1. The van der Waals surface area contributed by atoms with Crippen LogP contribution in [0.2, 0.25) is 0 Å². The van der Waals surface area contributed by atoms with Crippen LogP contribution in [0.1, 0.15) is 16.1 Å². The molecular weight excluding hydrogens is 395 g/mol. The molecule has 29 heavy (non-hydrogen) atoms. The van der Waals surface area contributed by atoms with Crippen LogP contribution in [-0.2, 0) is 4.79 Å². The van der Waals surface area contributed by atoms with E-state index in [1.54, 1.807) is 12.1 Å². The molecule has 1 aliphatic heterocycles. The minimum absolute atomic E-state index is 0.0391. The average molecular weight is 410 g/mol. The van der Waals surface area contributed by atoms with Crippen molar-refractivity contribution in [3.05, 3.63) is 76.6 Å². The Morgan fingerprint density at radius 1 is 1.14 bits per heavy atom. The number of nitrogens with zero attached hydrogens (tertiary/aromatic N) is 1. The van der Waals surface area contributed by atoms with Gasteiger partial charge in [0.15, 0.2) is 5.76 Å². The lowest BCUT2D eigenvalue weighted by Gasteiger charge is -2.12. The lowest BCUT2D eigenvalue weighted by atomic mass is 10.2. The Bertz CT molecular complexity index is 1100. The molecule has 4 rings (SSSR count). The zero-order valence-corrected chi connectivity index (χ0v) is 15.9. The van der Waals surface area contributed by atoms with Crippen molar-refractivity contribution in [1.29, 1.82) is 0 Å². The van der Waals surface area contributed by atoms with Crippen molar-refractivity contribution in [1.82, 2.24) is 10.2 Å². The number of carbonyl (C=O) groups excluding carboxylic acids is 3. The summed E-state index contributed by atoms with van der Waals surface area (Å²) >= 11 is 0.813. The first-order valence-corrected chi connectivity index (χ1v) is 9.60. The summed E-state index contributed by atoms with van der Waals surface area (Å²) in [4.78, 5) is 38.2. The van der Waals surface area contributed by atoms with Crippen LogP contribution in [0.15, 0.2) is 63.9 Å². The SMILES string of the molecule is O=C(NCCN1C(=O)SC(=Cc2ccc(F)cc2)C1=O)c1cc2ccccc2o1. The van der Waals surface area contributed by atoms with Crippen LogP contribution in [0.3, 0.4) is 0 Å². The molecule has 0 bridgehead atoms. The topological polar surface area (TPSA) is 79.6 Å². The van der Waals surface area contributed by atoms with E-state index in [0.717, 1.165) is 22.0 Å². The predicted molar refractivity (Wildman–Crippen MR) is 108 cm³/mol. The van der Waals surface area contributed by atoms with Gasteiger partial charge in [0.05, 0.1) is 4.91 Å². The van der Waals surface area contributed by atoms with E-state index in [1.165, 1.54) is 30.3 Å². The quantitative estimate of drug-likeness (QED) is 0.642. The molecule has 1 aliphatic rings. The molecule has 0 aliphatic carbocycles. The van der Waals surface area contributed by atoms with Gasteiger partial charge in [-0.1, -0.05) is 30.3 Å². The summed E-state index contributed by atoms with van der Waals surface area (Å²) in [6.45, 7) is 0.134. The molecule has 2 aromatic carbocycles. The number of fused-ring (bicyclic) bond motifs is 1. The molecule has 6 nitrogen and oxygen atoms in total. The number of benzene rings is 2. The van der Waals surface area contributed by atoms with Crippen LogP contribution in [0, 0.1) is 5.82 Å². The van der Waals surface area contributed by atoms with E-state index in [2.05, 4.69) is 5.32 Å². The van der Waals surface area contributed by atoms with Crippen molar-refractivity contribution >= 4 is 45.9 Å². The number of nitrogens with one attached hydrogen (secondary N) is 1. The molecule has 2 heterocycles. The Hall–Kier alpha value is -3.39. The van der Waals surface area contributed by atoms with Crippen LogP contribution in [0.25, 0.3) is 17.0 Å². The lowest BCUT2D eigenvalue weighted by Crippen LogP contribution is -2.37. The molecule has 3 aromatic rings. The van der Waals surface area contributed by atoms with Gasteiger partial charge in [-0.2, -0.15) is 0 Å². The Kier molecular flexibility index (Phi) is 5.18. The highest BCUT2D eigenvalue weighted by molar-refractivity contribution is 8.18. The number of thioether (sulfide) groups is 1. The molecule has 0 radical (unpaired) electrons. The number of para-hydroxylation sites is 1. The summed E-state index contributed by atoms with van der Waals surface area (Å²) in [7, 11) is 0. The number of furan rings is 1. The number of carbonyl (C=O) groups is 3. The lowest BCUT2D eigenvalue weighted by molar-refractivity contribution is -0.122. The maximum Gasteiger partial charge on any atom is 0.293 e. The number of hydrogen-bond acceptors (Lipinski definition) is 5. The van der Waals surface area contributed by atoms with Crippen LogP contribution >= 0.6 is 11.8 Å². The Morgan fingerprint density at radius 2 is 1.90 bits per heavy atom. The summed E-state index contributed by atoms with van der Waals surface area (Å²) in [5.74, 6) is -1.08. The number of imide groups is 1. The third-order valence-corrected chi connectivity index (χ3v) is 5.22. The first kappa shape index (κ1) is 18.9. The van der Waals surface area contributed by atoms with Crippen LogP contribution < -0.4 is 5.32 Å². The van der Waals surface area contributed by atoms with Gasteiger partial charge in [-0.05, 0) is 47.7 Å². The third-order valence-electron chi connectivity index (χ3n) is 4.31. The highest BCUT2D eigenvalue weighted by atomic mass is 32.2. The molecule has 1 saturated heterocycles. The van der Waals surface area contributed by atoms with E-state index in [1.807, 2.05) is 18.2 Å². The average Bonchev–Trinajstić information content (AvgIpc) is 3.26. The molecule has 0 spiro atoms. The molecule has 0 atom stereocenters. The first-order valence-electron chi connectivity index (χ1n) is 8.79. The zero-order valence-electron chi connectivity index (χ0n) is 15.1. The summed E-state index contributed by atoms with van der Waals surface area (Å²) in [6.07, 6.45) is 1.54. The van der Waals surface area contributed by atoms with Gasteiger partial charge in [0, 0.05) is 18.5 Å². The first-order chi connectivity index (χ1) is 14.0. The Labute approximate surface area is 169 Å². The van der Waals surface area contributed by atoms with Crippen molar-refractivity contribution < 1.29 is 23.2 Å². The minimum Gasteiger partial charge on any atom is -0.451 e. The fourth-order valence-corrected chi connectivity index (χ4v) is 3.73. The maximum absolute atomic E-state index is 13.0. The van der Waals surface area contributed by atoms with Gasteiger partial charge < -0.3 is 9.73 Å². The fraction of sp³-hybridized carbons (Fsp3) is 0.0952. The van der Waals surface area contributed by atoms with Gasteiger partial charge in [0.2, 0.25) is 0 Å². The van der Waals surface area contributed by atoms with Crippen molar-refractivity contribution in [3.63, 3.8) is 0 Å². The molecule has 8 heteroatoms. The van der Waals surface area contributed by atoms with Crippen LogP contribution in [0.5, 0.6) is 0 Å². The highest BCUT2D eigenvalue weighted by Crippen LogP contribution is 2.31. The highest BCUT2D eigenvalue weighted by Gasteiger charge is 2.34. The number of halogens is 1. The zero-order chi connectivity index (χ0) is 20.4. The van der Waals surface area contributed by atoms with E-state index in [-0.39, 0.29) is 29.6 Å². The monoisotopic (exact) mass is 410 g/mol. The van der Waals surface area contributed by atoms with E-state index in [9.17, 15) is 18.8 Å². The van der Waals surface area contributed by atoms with Crippen LogP contribution in [0.4, 0.5) is 9.18 Å². The minimum atomic E-state index is -0.442. The largest absolute Gasteiger partial charge is 0.451 e. The van der Waals surface area contributed by atoms with E-state index < -0.39 is 17.1 Å². The summed E-state index contributed by atoms with van der Waals surface area (Å²) < 4.78 is 18.5. The van der Waals surface area contributed by atoms with Gasteiger partial charge in [0.1, 0.15) is 11.4 Å². The van der Waals surface area contributed by atoms with E-state index in [0.29, 0.717) is 11.1 Å². The van der Waals surface area contributed by atoms with Crippen molar-refractivity contribution in [2.45, 2.75) is 0 Å². The number of rotatable bonds is 5. The molecule has 0 unspecified atom stereocenters. The van der Waals surface area contributed by atoms with Gasteiger partial charge in [-0.25, -0.2) is 4.39 Å². The molecular formula is C21H15FN2O4S. The van der Waals surface area contributed by atoms with E-state index in [4.69, 9.17) is 4.42 Å². The second kappa shape index (κ2) is 7.92. The second-order valence-corrected chi connectivity index (χ2v) is 7.28. The van der Waals surface area contributed by atoms with E-state index >= 15 is 0 Å². The molecule has 1 aromatic heterocycles. The van der Waals surface area contributed by atoms with Crippen LogP contribution in [-0.4, -0.2) is 35.0 Å². The molecule has 0 saturated carbocycles. The smallest absolute Gasteiger partial charge is 0.293 e. The third kappa shape index (κ3) is 4.07. The van der Waals surface area contributed by atoms with Gasteiger partial charge in [-0.15, -0.1) is 0 Å². The summed E-state index contributed by atoms with van der Waals surface area (Å²) in [5, 5.41) is 3.05. The van der Waals surface area contributed by atoms with Gasteiger partial charge >= 0.3 is 0 Å². The maximum atomic E-state index is 13.0. The fourth-order valence-electron chi connectivity index (χ4n) is 2.87. The Morgan fingerprint density at radius 3 is 2.66 bits per heavy atom. The standard InChI is InChI=1S/C21H15FN2O4S/c22-15-7-5-13(6-8-15)11-18-20(26)24(21(27)29-18)10-9-23-19(25)17-12-14-3-1-2-4-16(14)28-17/h1-8,11-12H,9-10H2,(H,23,25). The van der Waals surface area contributed by atoms with Crippen molar-refractivity contribution in [2.75, 3.05) is 13.1 Å². The summed E-state index contributed by atoms with van der Waals surface area (Å²) in [6, 6.07) is 14.5. The number of amides is 3. The Balaban J connectivity index is 1.36. The molecule has 1 fully saturated rings.